The maximum Gasteiger partial charge on any atom is 0.231 e. The molecule has 26 heavy (non-hydrogen) atoms. The van der Waals surface area contributed by atoms with Gasteiger partial charge in [-0.15, -0.1) is 10.2 Å². The summed E-state index contributed by atoms with van der Waals surface area (Å²) in [6.45, 7) is 0. The molecule has 2 N–H and O–H groups in total. The Morgan fingerprint density at radius 3 is 2.88 bits per heavy atom. The van der Waals surface area contributed by atoms with Crippen molar-refractivity contribution in [3.05, 3.63) is 29.3 Å². The molecule has 1 amide bonds. The summed E-state index contributed by atoms with van der Waals surface area (Å²) >= 11 is 8.65. The third kappa shape index (κ3) is 5.10. The quantitative estimate of drug-likeness (QED) is 0.691. The molecule has 1 aromatic carbocycles. The zero-order valence-electron chi connectivity index (χ0n) is 14.0. The SMILES string of the molecule is N#CC1(NC(=O)CSc2nnc(Nc3cccc(Cl)c3)s2)CCCCC1. The minimum Gasteiger partial charge on any atom is -0.337 e. The van der Waals surface area contributed by atoms with E-state index in [0.717, 1.165) is 37.8 Å². The number of benzene rings is 1. The average molecular weight is 408 g/mol. The van der Waals surface area contributed by atoms with Crippen molar-refractivity contribution >= 4 is 51.4 Å². The highest BCUT2D eigenvalue weighted by Gasteiger charge is 2.33. The molecule has 1 aliphatic rings. The molecule has 0 unspecified atom stereocenters. The van der Waals surface area contributed by atoms with E-state index in [-0.39, 0.29) is 11.7 Å². The second kappa shape index (κ2) is 8.71. The van der Waals surface area contributed by atoms with Crippen LogP contribution in [0.15, 0.2) is 28.6 Å². The molecular weight excluding hydrogens is 390 g/mol. The summed E-state index contributed by atoms with van der Waals surface area (Å²) in [4.78, 5) is 12.2. The number of hydrogen-bond acceptors (Lipinski definition) is 7. The van der Waals surface area contributed by atoms with Crippen LogP contribution in [0.25, 0.3) is 0 Å². The highest BCUT2D eigenvalue weighted by atomic mass is 35.5. The molecule has 1 aliphatic carbocycles. The van der Waals surface area contributed by atoms with E-state index in [2.05, 4.69) is 26.9 Å². The van der Waals surface area contributed by atoms with Crippen molar-refractivity contribution in [1.82, 2.24) is 15.5 Å². The first-order valence-corrected chi connectivity index (χ1v) is 10.5. The normalized spacial score (nSPS) is 15.8. The van der Waals surface area contributed by atoms with Crippen LogP contribution in [0.1, 0.15) is 32.1 Å². The van der Waals surface area contributed by atoms with E-state index in [1.807, 2.05) is 12.1 Å². The van der Waals surface area contributed by atoms with Gasteiger partial charge in [0.2, 0.25) is 11.0 Å². The summed E-state index contributed by atoms with van der Waals surface area (Å²) in [5.41, 5.74) is 0.132. The van der Waals surface area contributed by atoms with Gasteiger partial charge in [-0.3, -0.25) is 4.79 Å². The van der Waals surface area contributed by atoms with Gasteiger partial charge in [0.15, 0.2) is 4.34 Å². The van der Waals surface area contributed by atoms with Gasteiger partial charge in [0, 0.05) is 10.7 Å². The molecule has 2 aromatic rings. The fraction of sp³-hybridized carbons (Fsp3) is 0.412. The Morgan fingerprint density at radius 1 is 1.35 bits per heavy atom. The first-order valence-electron chi connectivity index (χ1n) is 8.30. The predicted molar refractivity (Wildman–Crippen MR) is 105 cm³/mol. The van der Waals surface area contributed by atoms with E-state index in [4.69, 9.17) is 11.6 Å². The Bertz CT molecular complexity index is 813. The number of halogens is 1. The monoisotopic (exact) mass is 407 g/mol. The van der Waals surface area contributed by atoms with Crippen LogP contribution in [0, 0.1) is 11.3 Å². The van der Waals surface area contributed by atoms with E-state index in [1.165, 1.54) is 23.1 Å². The smallest absolute Gasteiger partial charge is 0.231 e. The lowest BCUT2D eigenvalue weighted by molar-refractivity contribution is -0.120. The van der Waals surface area contributed by atoms with Crippen molar-refractivity contribution < 1.29 is 4.79 Å². The molecule has 3 rings (SSSR count). The topological polar surface area (TPSA) is 90.7 Å². The van der Waals surface area contributed by atoms with Crippen LogP contribution in [0.5, 0.6) is 0 Å². The minimum atomic E-state index is -0.698. The van der Waals surface area contributed by atoms with Gasteiger partial charge in [-0.25, -0.2) is 0 Å². The number of rotatable bonds is 6. The van der Waals surface area contributed by atoms with E-state index in [1.54, 1.807) is 12.1 Å². The number of nitrogens with zero attached hydrogens (tertiary/aromatic N) is 3. The van der Waals surface area contributed by atoms with Crippen molar-refractivity contribution in [3.63, 3.8) is 0 Å². The Hall–Kier alpha value is -1.82. The van der Waals surface area contributed by atoms with Crippen LogP contribution in [0.3, 0.4) is 0 Å². The Kier molecular flexibility index (Phi) is 6.35. The summed E-state index contributed by atoms with van der Waals surface area (Å²) in [6.07, 6.45) is 4.55. The first-order chi connectivity index (χ1) is 12.6. The Labute approximate surface area is 165 Å². The van der Waals surface area contributed by atoms with E-state index in [9.17, 15) is 10.1 Å². The summed E-state index contributed by atoms with van der Waals surface area (Å²) in [5.74, 6) is 0.0767. The van der Waals surface area contributed by atoms with Gasteiger partial charge in [0.05, 0.1) is 11.8 Å². The summed E-state index contributed by atoms with van der Waals surface area (Å²) in [5, 5.41) is 24.9. The molecule has 6 nitrogen and oxygen atoms in total. The van der Waals surface area contributed by atoms with Crippen LogP contribution in [0.4, 0.5) is 10.8 Å². The largest absolute Gasteiger partial charge is 0.337 e. The number of hydrogen-bond donors (Lipinski definition) is 2. The van der Waals surface area contributed by atoms with Crippen LogP contribution in [-0.4, -0.2) is 27.4 Å². The highest BCUT2D eigenvalue weighted by Crippen LogP contribution is 2.30. The molecule has 0 atom stereocenters. The molecule has 0 radical (unpaired) electrons. The molecule has 1 fully saturated rings. The fourth-order valence-corrected chi connectivity index (χ4v) is 4.62. The molecule has 0 aliphatic heterocycles. The third-order valence-electron chi connectivity index (χ3n) is 4.11. The van der Waals surface area contributed by atoms with Crippen LogP contribution < -0.4 is 10.6 Å². The lowest BCUT2D eigenvalue weighted by atomic mass is 9.83. The van der Waals surface area contributed by atoms with Gasteiger partial charge >= 0.3 is 0 Å². The number of anilines is 2. The third-order valence-corrected chi connectivity index (χ3v) is 6.32. The number of nitrogens with one attached hydrogen (secondary N) is 2. The second-order valence-corrected chi connectivity index (χ2v) is 8.74. The Balaban J connectivity index is 1.51. The summed E-state index contributed by atoms with van der Waals surface area (Å²) in [6, 6.07) is 9.63. The van der Waals surface area contributed by atoms with Crippen molar-refractivity contribution in [3.8, 4) is 6.07 Å². The lowest BCUT2D eigenvalue weighted by Gasteiger charge is -2.31. The van der Waals surface area contributed by atoms with Gasteiger partial charge < -0.3 is 10.6 Å². The van der Waals surface area contributed by atoms with Crippen molar-refractivity contribution in [2.24, 2.45) is 0 Å². The molecule has 0 saturated heterocycles. The number of aromatic nitrogens is 2. The number of nitriles is 1. The number of amides is 1. The lowest BCUT2D eigenvalue weighted by Crippen LogP contribution is -2.49. The standard InChI is InChI=1S/C17H18ClN5OS2/c18-12-5-4-6-13(9-12)20-15-22-23-16(26-15)25-10-14(24)21-17(11-19)7-2-1-3-8-17/h4-6,9H,1-3,7-8,10H2,(H,20,22)(H,21,24). The molecule has 0 spiro atoms. The number of carbonyl (C=O) groups excluding carboxylic acids is 1. The van der Waals surface area contributed by atoms with E-state index < -0.39 is 5.54 Å². The van der Waals surface area contributed by atoms with Gasteiger partial charge in [-0.05, 0) is 31.0 Å². The minimum absolute atomic E-state index is 0.141. The highest BCUT2D eigenvalue weighted by molar-refractivity contribution is 8.01. The van der Waals surface area contributed by atoms with Gasteiger partial charge in [0.1, 0.15) is 5.54 Å². The van der Waals surface area contributed by atoms with Crippen molar-refractivity contribution in [2.75, 3.05) is 11.1 Å². The maximum absolute atomic E-state index is 12.2. The fourth-order valence-electron chi connectivity index (χ4n) is 2.86. The van der Waals surface area contributed by atoms with Crippen LogP contribution in [0.2, 0.25) is 5.02 Å². The molecule has 136 valence electrons. The molecule has 1 heterocycles. The second-order valence-electron chi connectivity index (χ2n) is 6.10. The average Bonchev–Trinajstić information content (AvgIpc) is 3.08. The van der Waals surface area contributed by atoms with E-state index >= 15 is 0 Å². The predicted octanol–water partition coefficient (Wildman–Crippen LogP) is 4.37. The molecule has 9 heteroatoms. The van der Waals surface area contributed by atoms with Gasteiger partial charge in [0.25, 0.3) is 0 Å². The van der Waals surface area contributed by atoms with Gasteiger partial charge in [-0.2, -0.15) is 5.26 Å². The van der Waals surface area contributed by atoms with Crippen molar-refractivity contribution in [2.45, 2.75) is 42.0 Å². The summed E-state index contributed by atoms with van der Waals surface area (Å²) < 4.78 is 0.694. The van der Waals surface area contributed by atoms with E-state index in [0.29, 0.717) is 14.5 Å². The van der Waals surface area contributed by atoms with Crippen LogP contribution >= 0.6 is 34.7 Å². The maximum atomic E-state index is 12.2. The number of carbonyl (C=O) groups is 1. The molecule has 0 bridgehead atoms. The van der Waals surface area contributed by atoms with Crippen molar-refractivity contribution in [1.29, 1.82) is 5.26 Å². The summed E-state index contributed by atoms with van der Waals surface area (Å²) in [7, 11) is 0. The first kappa shape index (κ1) is 19.0. The zero-order valence-corrected chi connectivity index (χ0v) is 16.4. The molecule has 1 saturated carbocycles. The van der Waals surface area contributed by atoms with Gasteiger partial charge in [-0.1, -0.05) is 60.0 Å². The number of thioether (sulfide) groups is 1. The molecular formula is C17H18ClN5OS2. The molecule has 1 aromatic heterocycles. The Morgan fingerprint density at radius 2 is 2.15 bits per heavy atom. The zero-order chi connectivity index (χ0) is 18.4. The van der Waals surface area contributed by atoms with Crippen LogP contribution in [-0.2, 0) is 4.79 Å².